The number of carboxylic acid groups (broad SMARTS) is 1. The number of nitrogens with one attached hydrogen (secondary N) is 2. The van der Waals surface area contributed by atoms with Gasteiger partial charge in [0, 0.05) is 0 Å². The van der Waals surface area contributed by atoms with Crippen LogP contribution in [0.1, 0.15) is 25.8 Å². The van der Waals surface area contributed by atoms with E-state index in [9.17, 15) is 9.59 Å². The fourth-order valence-corrected chi connectivity index (χ4v) is 2.24. The van der Waals surface area contributed by atoms with E-state index in [4.69, 9.17) is 28.3 Å². The van der Waals surface area contributed by atoms with Crippen LogP contribution in [0.5, 0.6) is 0 Å². The van der Waals surface area contributed by atoms with E-state index < -0.39 is 18.0 Å². The second-order valence-electron chi connectivity index (χ2n) is 5.17. The number of hydrogen-bond donors (Lipinski definition) is 3. The summed E-state index contributed by atoms with van der Waals surface area (Å²) in [5.41, 5.74) is 1.03. The van der Waals surface area contributed by atoms with Gasteiger partial charge in [-0.25, -0.2) is 9.59 Å². The fraction of sp³-hybridized carbons (Fsp3) is 0.429. The highest BCUT2D eigenvalue weighted by atomic mass is 35.5. The topological polar surface area (TPSA) is 78.4 Å². The zero-order valence-electron chi connectivity index (χ0n) is 12.0. The molecule has 0 spiro atoms. The van der Waals surface area contributed by atoms with Gasteiger partial charge in [-0.15, -0.1) is 0 Å². The molecule has 1 aromatic carbocycles. The summed E-state index contributed by atoms with van der Waals surface area (Å²) in [6.07, 6.45) is 0.331. The number of benzene rings is 1. The van der Waals surface area contributed by atoms with Gasteiger partial charge in [0.15, 0.2) is 0 Å². The van der Waals surface area contributed by atoms with E-state index in [0.717, 1.165) is 5.56 Å². The van der Waals surface area contributed by atoms with Crippen molar-refractivity contribution in [1.29, 1.82) is 0 Å². The number of aryl methyl sites for hydroxylation is 1. The van der Waals surface area contributed by atoms with Crippen molar-refractivity contribution in [3.63, 3.8) is 0 Å². The van der Waals surface area contributed by atoms with E-state index >= 15 is 0 Å². The SMILES string of the molecule is Cc1ccc(Cl)c(NC(=O)N[C@@H](CC(C)C)C(=O)O)c1Cl. The van der Waals surface area contributed by atoms with E-state index in [1.807, 2.05) is 13.8 Å². The first-order valence-electron chi connectivity index (χ1n) is 6.47. The normalized spacial score (nSPS) is 12.1. The molecule has 0 aromatic heterocycles. The van der Waals surface area contributed by atoms with Gasteiger partial charge in [0.1, 0.15) is 6.04 Å². The predicted octanol–water partition coefficient (Wildman–Crippen LogP) is 3.92. The lowest BCUT2D eigenvalue weighted by molar-refractivity contribution is -0.139. The number of carboxylic acids is 1. The molecule has 0 saturated heterocycles. The van der Waals surface area contributed by atoms with E-state index in [0.29, 0.717) is 11.4 Å². The largest absolute Gasteiger partial charge is 0.480 e. The lowest BCUT2D eigenvalue weighted by Crippen LogP contribution is -2.43. The third-order valence-electron chi connectivity index (χ3n) is 2.83. The molecule has 0 aliphatic rings. The molecule has 2 amide bonds. The quantitative estimate of drug-likeness (QED) is 0.764. The molecular formula is C14H18Cl2N2O3. The van der Waals surface area contributed by atoms with Crippen molar-refractivity contribution in [3.8, 4) is 0 Å². The number of anilines is 1. The summed E-state index contributed by atoms with van der Waals surface area (Å²) in [5, 5.41) is 14.6. The first-order valence-corrected chi connectivity index (χ1v) is 7.22. The third kappa shape index (κ3) is 5.10. The fourth-order valence-electron chi connectivity index (χ4n) is 1.77. The molecule has 5 nitrogen and oxygen atoms in total. The Bertz CT molecular complexity index is 547. The Morgan fingerprint density at radius 3 is 2.43 bits per heavy atom. The average molecular weight is 333 g/mol. The highest BCUT2D eigenvalue weighted by Gasteiger charge is 2.22. The minimum Gasteiger partial charge on any atom is -0.480 e. The van der Waals surface area contributed by atoms with Gasteiger partial charge < -0.3 is 15.7 Å². The molecule has 7 heteroatoms. The Morgan fingerprint density at radius 2 is 1.90 bits per heavy atom. The van der Waals surface area contributed by atoms with E-state index in [1.54, 1.807) is 19.1 Å². The summed E-state index contributed by atoms with van der Waals surface area (Å²) in [4.78, 5) is 23.0. The van der Waals surface area contributed by atoms with Crippen molar-refractivity contribution in [2.75, 3.05) is 5.32 Å². The minimum absolute atomic E-state index is 0.137. The molecule has 0 aliphatic heterocycles. The second kappa shape index (κ2) is 7.52. The standard InChI is InChI=1S/C14H18Cl2N2O3/c1-7(2)6-10(13(19)20)17-14(21)18-12-9(15)5-4-8(3)11(12)16/h4-5,7,10H,6H2,1-3H3,(H,19,20)(H2,17,18,21)/t10-/m0/s1. The van der Waals surface area contributed by atoms with Crippen LogP contribution in [-0.2, 0) is 4.79 Å². The lowest BCUT2D eigenvalue weighted by Gasteiger charge is -2.18. The zero-order chi connectivity index (χ0) is 16.2. The second-order valence-corrected chi connectivity index (χ2v) is 5.96. The van der Waals surface area contributed by atoms with Crippen LogP contribution in [-0.4, -0.2) is 23.1 Å². The van der Waals surface area contributed by atoms with Gasteiger partial charge in [-0.2, -0.15) is 0 Å². The number of carbonyl (C=O) groups is 2. The lowest BCUT2D eigenvalue weighted by atomic mass is 10.0. The maximum Gasteiger partial charge on any atom is 0.326 e. The molecule has 0 bridgehead atoms. The van der Waals surface area contributed by atoms with Crippen LogP contribution in [0.15, 0.2) is 12.1 Å². The van der Waals surface area contributed by atoms with Crippen LogP contribution in [0.3, 0.4) is 0 Å². The summed E-state index contributed by atoms with van der Waals surface area (Å²) >= 11 is 12.1. The average Bonchev–Trinajstić information content (AvgIpc) is 2.38. The van der Waals surface area contributed by atoms with Crippen molar-refractivity contribution in [2.24, 2.45) is 5.92 Å². The summed E-state index contributed by atoms with van der Waals surface area (Å²) in [6, 6.07) is 1.72. The Morgan fingerprint density at radius 1 is 1.29 bits per heavy atom. The maximum absolute atomic E-state index is 11.9. The summed E-state index contributed by atoms with van der Waals surface area (Å²) in [5.74, 6) is -0.946. The van der Waals surface area contributed by atoms with E-state index in [-0.39, 0.29) is 16.6 Å². The third-order valence-corrected chi connectivity index (χ3v) is 3.64. The van der Waals surface area contributed by atoms with Crippen LogP contribution in [0.4, 0.5) is 10.5 Å². The van der Waals surface area contributed by atoms with Crippen molar-refractivity contribution in [2.45, 2.75) is 33.2 Å². The Kier molecular flexibility index (Phi) is 6.30. The van der Waals surface area contributed by atoms with Crippen LogP contribution >= 0.6 is 23.2 Å². The molecule has 0 aliphatic carbocycles. The summed E-state index contributed by atoms with van der Waals surface area (Å²) in [6.45, 7) is 5.54. The van der Waals surface area contributed by atoms with Crippen LogP contribution in [0.25, 0.3) is 0 Å². The van der Waals surface area contributed by atoms with Gasteiger partial charge in [-0.05, 0) is 30.9 Å². The van der Waals surface area contributed by atoms with Gasteiger partial charge in [-0.1, -0.05) is 43.1 Å². The molecule has 0 fully saturated rings. The number of halogens is 2. The van der Waals surface area contributed by atoms with Gasteiger partial charge in [0.05, 0.1) is 15.7 Å². The van der Waals surface area contributed by atoms with E-state index in [1.165, 1.54) is 0 Å². The number of aliphatic carboxylic acids is 1. The van der Waals surface area contributed by atoms with Crippen molar-refractivity contribution < 1.29 is 14.7 Å². The Hall–Kier alpha value is -1.46. The van der Waals surface area contributed by atoms with Crippen molar-refractivity contribution in [1.82, 2.24) is 5.32 Å². The highest BCUT2D eigenvalue weighted by molar-refractivity contribution is 6.40. The molecule has 116 valence electrons. The zero-order valence-corrected chi connectivity index (χ0v) is 13.5. The smallest absolute Gasteiger partial charge is 0.326 e. The number of rotatable bonds is 5. The Labute approximate surface area is 133 Å². The number of hydrogen-bond acceptors (Lipinski definition) is 2. The van der Waals surface area contributed by atoms with E-state index in [2.05, 4.69) is 10.6 Å². The monoisotopic (exact) mass is 332 g/mol. The first-order chi connectivity index (χ1) is 9.72. The van der Waals surface area contributed by atoms with Crippen molar-refractivity contribution >= 4 is 40.9 Å². The molecule has 0 radical (unpaired) electrons. The molecule has 1 atom stereocenters. The summed E-state index contributed by atoms with van der Waals surface area (Å²) in [7, 11) is 0. The molecular weight excluding hydrogens is 315 g/mol. The molecule has 0 saturated carbocycles. The molecule has 0 unspecified atom stereocenters. The molecule has 1 aromatic rings. The minimum atomic E-state index is -1.08. The van der Waals surface area contributed by atoms with Gasteiger partial charge >= 0.3 is 12.0 Å². The number of urea groups is 1. The number of amides is 2. The van der Waals surface area contributed by atoms with Crippen LogP contribution in [0.2, 0.25) is 10.0 Å². The van der Waals surface area contributed by atoms with Gasteiger partial charge in [0.2, 0.25) is 0 Å². The molecule has 1 rings (SSSR count). The van der Waals surface area contributed by atoms with Crippen molar-refractivity contribution in [3.05, 3.63) is 27.7 Å². The summed E-state index contributed by atoms with van der Waals surface area (Å²) < 4.78 is 0. The van der Waals surface area contributed by atoms with Gasteiger partial charge in [-0.3, -0.25) is 0 Å². The molecule has 3 N–H and O–H groups in total. The van der Waals surface area contributed by atoms with Gasteiger partial charge in [0.25, 0.3) is 0 Å². The highest BCUT2D eigenvalue weighted by Crippen LogP contribution is 2.32. The molecule has 21 heavy (non-hydrogen) atoms. The van der Waals surface area contributed by atoms with Crippen LogP contribution in [0, 0.1) is 12.8 Å². The van der Waals surface area contributed by atoms with Crippen LogP contribution < -0.4 is 10.6 Å². The number of carbonyl (C=O) groups excluding carboxylic acids is 1. The predicted molar refractivity (Wildman–Crippen MR) is 84.2 cm³/mol. The molecule has 0 heterocycles. The maximum atomic E-state index is 11.9. The first kappa shape index (κ1) is 17.6. The Balaban J connectivity index is 2.82.